The number of nitrogens with zero attached hydrogens (tertiary/aromatic N) is 1. The number of aryl methyl sites for hydroxylation is 1. The molecule has 0 aromatic heterocycles. The SMILES string of the molecule is CC(C)(C)C(=O)Nc1ccc(C(=O)CN2C(=O)N[C@@]3(CCCc4ccccc43)C2=O)cc1. The highest BCUT2D eigenvalue weighted by molar-refractivity contribution is 6.11. The van der Waals surface area contributed by atoms with Crippen molar-refractivity contribution in [2.75, 3.05) is 11.9 Å². The summed E-state index contributed by atoms with van der Waals surface area (Å²) in [5.74, 6) is -0.852. The first-order valence-corrected chi connectivity index (χ1v) is 10.8. The molecule has 0 bridgehead atoms. The van der Waals surface area contributed by atoms with E-state index in [4.69, 9.17) is 0 Å². The summed E-state index contributed by atoms with van der Waals surface area (Å²) < 4.78 is 0. The monoisotopic (exact) mass is 433 g/mol. The predicted octanol–water partition coefficient (Wildman–Crippen LogP) is 3.64. The third kappa shape index (κ3) is 3.79. The number of rotatable bonds is 4. The number of carbonyl (C=O) groups excluding carboxylic acids is 4. The largest absolute Gasteiger partial charge is 0.326 e. The van der Waals surface area contributed by atoms with Crippen LogP contribution in [0.4, 0.5) is 10.5 Å². The van der Waals surface area contributed by atoms with Crippen LogP contribution in [0, 0.1) is 5.41 Å². The second-order valence-electron chi connectivity index (χ2n) is 9.44. The van der Waals surface area contributed by atoms with Crippen LogP contribution in [0.3, 0.4) is 0 Å². The Balaban J connectivity index is 1.49. The van der Waals surface area contributed by atoms with Gasteiger partial charge in [-0.1, -0.05) is 45.0 Å². The summed E-state index contributed by atoms with van der Waals surface area (Å²) >= 11 is 0. The maximum absolute atomic E-state index is 13.3. The highest BCUT2D eigenvalue weighted by Gasteiger charge is 2.54. The van der Waals surface area contributed by atoms with Crippen LogP contribution < -0.4 is 10.6 Å². The van der Waals surface area contributed by atoms with E-state index >= 15 is 0 Å². The summed E-state index contributed by atoms with van der Waals surface area (Å²) in [6, 6.07) is 13.5. The van der Waals surface area contributed by atoms with Gasteiger partial charge < -0.3 is 10.6 Å². The Bertz CT molecular complexity index is 1100. The van der Waals surface area contributed by atoms with E-state index in [1.54, 1.807) is 24.3 Å². The number of urea groups is 1. The number of anilines is 1. The molecule has 2 aromatic rings. The number of fused-ring (bicyclic) bond motifs is 2. The predicted molar refractivity (Wildman–Crippen MR) is 120 cm³/mol. The molecule has 4 rings (SSSR count). The van der Waals surface area contributed by atoms with Gasteiger partial charge in [-0.3, -0.25) is 19.3 Å². The van der Waals surface area contributed by atoms with Crippen LogP contribution in [0.2, 0.25) is 0 Å². The van der Waals surface area contributed by atoms with Crippen LogP contribution in [0.25, 0.3) is 0 Å². The Morgan fingerprint density at radius 3 is 2.44 bits per heavy atom. The van der Waals surface area contributed by atoms with Crippen molar-refractivity contribution in [2.24, 2.45) is 5.41 Å². The molecule has 0 unspecified atom stereocenters. The molecule has 0 saturated carbocycles. The molecule has 1 aliphatic heterocycles. The molecule has 7 nitrogen and oxygen atoms in total. The minimum absolute atomic E-state index is 0.131. The molecule has 2 aromatic carbocycles. The average Bonchev–Trinajstić information content (AvgIpc) is 2.98. The molecule has 1 atom stereocenters. The first-order valence-electron chi connectivity index (χ1n) is 10.8. The maximum atomic E-state index is 13.3. The van der Waals surface area contributed by atoms with Gasteiger partial charge in [-0.15, -0.1) is 0 Å². The van der Waals surface area contributed by atoms with Gasteiger partial charge in [0, 0.05) is 16.7 Å². The summed E-state index contributed by atoms with van der Waals surface area (Å²) in [6.07, 6.45) is 2.16. The number of Topliss-reactive ketones (excluding diaryl/α,β-unsaturated/α-hetero) is 1. The molecule has 166 valence electrons. The van der Waals surface area contributed by atoms with Gasteiger partial charge in [-0.05, 0) is 54.7 Å². The van der Waals surface area contributed by atoms with Crippen molar-refractivity contribution in [3.63, 3.8) is 0 Å². The average molecular weight is 434 g/mol. The van der Waals surface area contributed by atoms with Crippen molar-refractivity contribution < 1.29 is 19.2 Å². The molecular formula is C25H27N3O4. The van der Waals surface area contributed by atoms with Crippen molar-refractivity contribution in [2.45, 2.75) is 45.6 Å². The first-order chi connectivity index (χ1) is 15.1. The van der Waals surface area contributed by atoms with Crippen molar-refractivity contribution in [1.82, 2.24) is 10.2 Å². The summed E-state index contributed by atoms with van der Waals surface area (Å²) in [6.45, 7) is 5.11. The highest BCUT2D eigenvalue weighted by atomic mass is 16.2. The van der Waals surface area contributed by atoms with E-state index in [0.29, 0.717) is 17.7 Å². The van der Waals surface area contributed by atoms with Gasteiger partial charge in [0.05, 0.1) is 6.54 Å². The molecule has 7 heteroatoms. The van der Waals surface area contributed by atoms with E-state index in [2.05, 4.69) is 10.6 Å². The third-order valence-corrected chi connectivity index (χ3v) is 6.10. The zero-order chi connectivity index (χ0) is 23.1. The maximum Gasteiger partial charge on any atom is 0.325 e. The number of hydrogen-bond donors (Lipinski definition) is 2. The Morgan fingerprint density at radius 2 is 1.75 bits per heavy atom. The lowest BCUT2D eigenvalue weighted by molar-refractivity contribution is -0.131. The van der Waals surface area contributed by atoms with Crippen molar-refractivity contribution in [1.29, 1.82) is 0 Å². The standard InChI is InChI=1S/C25H27N3O4/c1-24(2,3)21(30)26-18-12-10-17(11-13-18)20(29)15-28-22(31)25(27-23(28)32)14-6-8-16-7-4-5-9-19(16)25/h4-5,7,9-13H,6,8,14-15H2,1-3H3,(H,26,30)(H,27,32)/t25-/m1/s1. The molecule has 2 aliphatic rings. The summed E-state index contributed by atoms with van der Waals surface area (Å²) in [4.78, 5) is 52.0. The molecule has 2 N–H and O–H groups in total. The Morgan fingerprint density at radius 1 is 1.06 bits per heavy atom. The lowest BCUT2D eigenvalue weighted by Crippen LogP contribution is -2.46. The number of imide groups is 1. The summed E-state index contributed by atoms with van der Waals surface area (Å²) in [7, 11) is 0. The smallest absolute Gasteiger partial charge is 0.325 e. The van der Waals surface area contributed by atoms with Crippen LogP contribution in [0.15, 0.2) is 48.5 Å². The van der Waals surface area contributed by atoms with Gasteiger partial charge in [0.1, 0.15) is 5.54 Å². The quantitative estimate of drug-likeness (QED) is 0.568. The molecular weight excluding hydrogens is 406 g/mol. The van der Waals surface area contributed by atoms with Crippen LogP contribution >= 0.6 is 0 Å². The number of benzene rings is 2. The van der Waals surface area contributed by atoms with Crippen LogP contribution in [0.5, 0.6) is 0 Å². The number of ketones is 1. The zero-order valence-electron chi connectivity index (χ0n) is 18.5. The fraction of sp³-hybridized carbons (Fsp3) is 0.360. The second-order valence-corrected chi connectivity index (χ2v) is 9.44. The van der Waals surface area contributed by atoms with E-state index in [0.717, 1.165) is 28.9 Å². The Labute approximate surface area is 187 Å². The zero-order valence-corrected chi connectivity index (χ0v) is 18.5. The fourth-order valence-corrected chi connectivity index (χ4v) is 4.25. The van der Waals surface area contributed by atoms with Gasteiger partial charge in [-0.2, -0.15) is 0 Å². The van der Waals surface area contributed by atoms with Gasteiger partial charge in [0.15, 0.2) is 5.78 Å². The molecule has 1 fully saturated rings. The van der Waals surface area contributed by atoms with Gasteiger partial charge >= 0.3 is 6.03 Å². The van der Waals surface area contributed by atoms with Crippen molar-refractivity contribution in [3.8, 4) is 0 Å². The normalized spacial score (nSPS) is 20.2. The molecule has 1 heterocycles. The van der Waals surface area contributed by atoms with Crippen LogP contribution in [0.1, 0.15) is 55.1 Å². The number of amides is 4. The topological polar surface area (TPSA) is 95.6 Å². The van der Waals surface area contributed by atoms with Gasteiger partial charge in [0.2, 0.25) is 5.91 Å². The minimum atomic E-state index is -1.09. The lowest BCUT2D eigenvalue weighted by atomic mass is 9.76. The number of hydrogen-bond acceptors (Lipinski definition) is 4. The van der Waals surface area contributed by atoms with E-state index in [9.17, 15) is 19.2 Å². The van der Waals surface area contributed by atoms with Crippen molar-refractivity contribution >= 4 is 29.3 Å². The first kappa shape index (κ1) is 21.7. The van der Waals surface area contributed by atoms with Crippen LogP contribution in [-0.4, -0.2) is 35.1 Å². The lowest BCUT2D eigenvalue weighted by Gasteiger charge is -2.33. The Hall–Kier alpha value is -3.48. The van der Waals surface area contributed by atoms with E-state index in [1.165, 1.54) is 0 Å². The molecule has 1 aliphatic carbocycles. The fourth-order valence-electron chi connectivity index (χ4n) is 4.25. The van der Waals surface area contributed by atoms with Crippen molar-refractivity contribution in [3.05, 3.63) is 65.2 Å². The summed E-state index contributed by atoms with van der Waals surface area (Å²) in [5.41, 5.74) is 1.18. The van der Waals surface area contributed by atoms with E-state index in [-0.39, 0.29) is 24.1 Å². The van der Waals surface area contributed by atoms with Gasteiger partial charge in [0.25, 0.3) is 5.91 Å². The van der Waals surface area contributed by atoms with Gasteiger partial charge in [-0.25, -0.2) is 4.79 Å². The highest BCUT2D eigenvalue weighted by Crippen LogP contribution is 2.39. The van der Waals surface area contributed by atoms with E-state index < -0.39 is 17.0 Å². The second kappa shape index (κ2) is 7.89. The third-order valence-electron chi connectivity index (χ3n) is 6.10. The molecule has 32 heavy (non-hydrogen) atoms. The molecule has 1 spiro atoms. The molecule has 4 amide bonds. The van der Waals surface area contributed by atoms with E-state index in [1.807, 2.05) is 45.0 Å². The minimum Gasteiger partial charge on any atom is -0.326 e. The number of nitrogens with one attached hydrogen (secondary N) is 2. The molecule has 0 radical (unpaired) electrons. The Kier molecular flexibility index (Phi) is 5.36. The van der Waals surface area contributed by atoms with Crippen LogP contribution in [-0.2, 0) is 21.5 Å². The molecule has 1 saturated heterocycles. The summed E-state index contributed by atoms with van der Waals surface area (Å²) in [5, 5.41) is 5.67. The number of carbonyl (C=O) groups is 4.